The molecule has 0 heterocycles. The van der Waals surface area contributed by atoms with Gasteiger partial charge in [-0.25, -0.2) is 17.5 Å². The summed E-state index contributed by atoms with van der Waals surface area (Å²) in [4.78, 5) is -0.0858. The van der Waals surface area contributed by atoms with E-state index in [4.69, 9.17) is 0 Å². The van der Waals surface area contributed by atoms with Gasteiger partial charge >= 0.3 is 0 Å². The Hall–Kier alpha value is -0.460. The van der Waals surface area contributed by atoms with Gasteiger partial charge in [-0.2, -0.15) is 0 Å². The lowest BCUT2D eigenvalue weighted by atomic mass is 10.0. The van der Waals surface area contributed by atoms with E-state index < -0.39 is 21.4 Å². The van der Waals surface area contributed by atoms with Gasteiger partial charge in [-0.3, -0.25) is 0 Å². The van der Waals surface area contributed by atoms with E-state index in [1.54, 1.807) is 20.8 Å². The van der Waals surface area contributed by atoms with Crippen LogP contribution in [0, 0.1) is 12.7 Å². The summed E-state index contributed by atoms with van der Waals surface area (Å²) in [6.07, 6.45) is 0. The first-order chi connectivity index (χ1) is 8.06. The minimum Gasteiger partial charge on any atom is -0.207 e. The maximum atomic E-state index is 13.2. The molecular formula is C12H17BrFNO2S. The Morgan fingerprint density at radius 2 is 1.94 bits per heavy atom. The van der Waals surface area contributed by atoms with Crippen LogP contribution in [-0.4, -0.2) is 18.8 Å². The third-order valence-corrected chi connectivity index (χ3v) is 5.79. The molecule has 0 fully saturated rings. The maximum absolute atomic E-state index is 13.2. The highest BCUT2D eigenvalue weighted by Crippen LogP contribution is 2.22. The molecule has 102 valence electrons. The third-order valence-electron chi connectivity index (χ3n) is 2.83. The number of hydrogen-bond donors (Lipinski definition) is 1. The summed E-state index contributed by atoms with van der Waals surface area (Å²) < 4.78 is 40.2. The Morgan fingerprint density at radius 3 is 2.44 bits per heavy atom. The Balaban J connectivity index is 3.19. The Bertz CT molecular complexity index is 541. The van der Waals surface area contributed by atoms with Crippen LogP contribution in [0.2, 0.25) is 0 Å². The Morgan fingerprint density at radius 1 is 1.39 bits per heavy atom. The third kappa shape index (κ3) is 3.52. The van der Waals surface area contributed by atoms with E-state index in [2.05, 4.69) is 20.7 Å². The fraction of sp³-hybridized carbons (Fsp3) is 0.500. The molecule has 1 aromatic rings. The first kappa shape index (κ1) is 15.6. The van der Waals surface area contributed by atoms with Crippen molar-refractivity contribution in [2.24, 2.45) is 0 Å². The number of alkyl halides is 1. The number of aryl methyl sites for hydroxylation is 1. The minimum absolute atomic E-state index is 0.0243. The zero-order chi connectivity index (χ0) is 14.1. The largest absolute Gasteiger partial charge is 0.241 e. The van der Waals surface area contributed by atoms with Crippen LogP contribution in [0.4, 0.5) is 4.39 Å². The fourth-order valence-corrected chi connectivity index (χ4v) is 3.35. The highest BCUT2D eigenvalue weighted by molar-refractivity contribution is 9.09. The van der Waals surface area contributed by atoms with E-state index >= 15 is 0 Å². The molecule has 1 rings (SSSR count). The van der Waals surface area contributed by atoms with E-state index in [0.717, 1.165) is 6.07 Å². The second-order valence-electron chi connectivity index (χ2n) is 4.85. The first-order valence-corrected chi connectivity index (χ1v) is 7.90. The minimum atomic E-state index is -3.74. The van der Waals surface area contributed by atoms with E-state index in [1.165, 1.54) is 12.1 Å². The van der Waals surface area contributed by atoms with Crippen LogP contribution < -0.4 is 4.72 Å². The van der Waals surface area contributed by atoms with Crippen LogP contribution in [0.1, 0.15) is 26.3 Å². The molecule has 1 unspecified atom stereocenters. The maximum Gasteiger partial charge on any atom is 0.241 e. The molecule has 0 bridgehead atoms. The highest BCUT2D eigenvalue weighted by Gasteiger charge is 2.31. The standard InChI is InChI=1S/C12H17BrFNO2S/c1-8-5-6-10(14)7-11(8)18(16,17)15-12(3,4)9(2)13/h5-7,9,15H,1-4H3. The number of nitrogens with one attached hydrogen (secondary N) is 1. The molecule has 0 amide bonds. The first-order valence-electron chi connectivity index (χ1n) is 5.50. The van der Waals surface area contributed by atoms with Crippen LogP contribution in [0.15, 0.2) is 23.1 Å². The van der Waals surface area contributed by atoms with Crippen LogP contribution in [0.3, 0.4) is 0 Å². The predicted molar refractivity (Wildman–Crippen MR) is 73.9 cm³/mol. The van der Waals surface area contributed by atoms with Crippen LogP contribution >= 0.6 is 15.9 Å². The Kier molecular flexibility index (Phi) is 4.56. The van der Waals surface area contributed by atoms with Crippen molar-refractivity contribution in [2.45, 2.75) is 43.0 Å². The van der Waals surface area contributed by atoms with Gasteiger partial charge in [0, 0.05) is 10.4 Å². The molecule has 0 aliphatic rings. The van der Waals surface area contributed by atoms with Crippen LogP contribution in [0.25, 0.3) is 0 Å². The van der Waals surface area contributed by atoms with Gasteiger partial charge in [0.1, 0.15) is 5.82 Å². The summed E-state index contributed by atoms with van der Waals surface area (Å²) in [7, 11) is -3.74. The van der Waals surface area contributed by atoms with Gasteiger partial charge in [-0.1, -0.05) is 28.9 Å². The van der Waals surface area contributed by atoms with Crippen molar-refractivity contribution in [1.29, 1.82) is 0 Å². The summed E-state index contributed by atoms with van der Waals surface area (Å²) in [6, 6.07) is 3.73. The normalized spacial score (nSPS) is 14.6. The molecule has 3 nitrogen and oxygen atoms in total. The van der Waals surface area contributed by atoms with Crippen molar-refractivity contribution in [2.75, 3.05) is 0 Å². The van der Waals surface area contributed by atoms with Crippen molar-refractivity contribution in [3.05, 3.63) is 29.6 Å². The lowest BCUT2D eigenvalue weighted by Crippen LogP contribution is -2.48. The molecule has 6 heteroatoms. The molecule has 0 saturated heterocycles. The summed E-state index contributed by atoms with van der Waals surface area (Å²) in [5.41, 5.74) is -0.153. The van der Waals surface area contributed by atoms with Gasteiger partial charge in [-0.15, -0.1) is 0 Å². The van der Waals surface area contributed by atoms with Crippen molar-refractivity contribution < 1.29 is 12.8 Å². The van der Waals surface area contributed by atoms with Crippen molar-refractivity contribution in [3.63, 3.8) is 0 Å². The van der Waals surface area contributed by atoms with E-state index in [-0.39, 0.29) is 9.72 Å². The van der Waals surface area contributed by atoms with E-state index in [9.17, 15) is 12.8 Å². The van der Waals surface area contributed by atoms with Gasteiger partial charge < -0.3 is 0 Å². The molecule has 1 atom stereocenters. The summed E-state index contributed by atoms with van der Waals surface area (Å²) >= 11 is 3.35. The van der Waals surface area contributed by atoms with Crippen molar-refractivity contribution in [3.8, 4) is 0 Å². The average molecular weight is 338 g/mol. The average Bonchev–Trinajstić information content (AvgIpc) is 2.19. The van der Waals surface area contributed by atoms with Gasteiger partial charge in [0.05, 0.1) is 4.90 Å². The SMILES string of the molecule is Cc1ccc(F)cc1S(=O)(=O)NC(C)(C)C(C)Br. The number of rotatable bonds is 4. The second-order valence-corrected chi connectivity index (χ2v) is 7.88. The number of sulfonamides is 1. The molecule has 1 N–H and O–H groups in total. The quantitative estimate of drug-likeness (QED) is 0.858. The van der Waals surface area contributed by atoms with Crippen LogP contribution in [-0.2, 0) is 10.0 Å². The molecule has 0 saturated carbocycles. The molecule has 1 aromatic carbocycles. The summed E-state index contributed by atoms with van der Waals surface area (Å²) in [6.45, 7) is 7.01. The molecule has 0 radical (unpaired) electrons. The molecule has 0 aliphatic carbocycles. The summed E-state index contributed by atoms with van der Waals surface area (Å²) in [5, 5.41) is 0. The van der Waals surface area contributed by atoms with Crippen molar-refractivity contribution >= 4 is 26.0 Å². The molecule has 0 aliphatic heterocycles. The molecule has 0 aromatic heterocycles. The molecule has 0 spiro atoms. The van der Waals surface area contributed by atoms with Gasteiger partial charge in [0.15, 0.2) is 0 Å². The van der Waals surface area contributed by atoms with E-state index in [1.807, 2.05) is 6.92 Å². The smallest absolute Gasteiger partial charge is 0.207 e. The topological polar surface area (TPSA) is 46.2 Å². The van der Waals surface area contributed by atoms with Gasteiger partial charge in [0.25, 0.3) is 0 Å². The highest BCUT2D eigenvalue weighted by atomic mass is 79.9. The lowest BCUT2D eigenvalue weighted by molar-refractivity contribution is 0.453. The lowest BCUT2D eigenvalue weighted by Gasteiger charge is -2.29. The molecule has 18 heavy (non-hydrogen) atoms. The number of benzene rings is 1. The zero-order valence-electron chi connectivity index (χ0n) is 10.8. The van der Waals surface area contributed by atoms with Gasteiger partial charge in [0.2, 0.25) is 10.0 Å². The predicted octanol–water partition coefficient (Wildman–Crippen LogP) is 2.97. The number of hydrogen-bond acceptors (Lipinski definition) is 2. The van der Waals surface area contributed by atoms with E-state index in [0.29, 0.717) is 5.56 Å². The zero-order valence-corrected chi connectivity index (χ0v) is 13.2. The second kappa shape index (κ2) is 5.27. The fourth-order valence-electron chi connectivity index (χ4n) is 1.35. The monoisotopic (exact) mass is 337 g/mol. The van der Waals surface area contributed by atoms with Gasteiger partial charge in [-0.05, 0) is 38.5 Å². The van der Waals surface area contributed by atoms with Crippen molar-refractivity contribution in [1.82, 2.24) is 4.72 Å². The van der Waals surface area contributed by atoms with Crippen LogP contribution in [0.5, 0.6) is 0 Å². The summed E-state index contributed by atoms with van der Waals surface area (Å²) in [5.74, 6) is -0.564. The Labute approximate surface area is 116 Å². The number of halogens is 2. The molecular weight excluding hydrogens is 321 g/mol.